The molecule has 1 saturated heterocycles. The van der Waals surface area contributed by atoms with E-state index in [1.165, 1.54) is 11.1 Å². The average Bonchev–Trinajstić information content (AvgIpc) is 3.24. The van der Waals surface area contributed by atoms with Crippen molar-refractivity contribution < 1.29 is 4.79 Å². The molecule has 2 atom stereocenters. The molecule has 2 heterocycles. The number of imidazole rings is 1. The summed E-state index contributed by atoms with van der Waals surface area (Å²) in [5.74, 6) is -0.167. The molecular formula is C24H26ClN4O. The summed E-state index contributed by atoms with van der Waals surface area (Å²) in [5, 5.41) is 0.574. The molecule has 5 nitrogen and oxygen atoms in total. The lowest BCUT2D eigenvalue weighted by atomic mass is 9.90. The van der Waals surface area contributed by atoms with Gasteiger partial charge in [0.05, 0.1) is 17.0 Å². The van der Waals surface area contributed by atoms with Crippen LogP contribution in [-0.2, 0) is 11.2 Å². The zero-order valence-corrected chi connectivity index (χ0v) is 17.9. The van der Waals surface area contributed by atoms with Gasteiger partial charge in [0.1, 0.15) is 0 Å². The molecule has 2 aromatic carbocycles. The first-order chi connectivity index (χ1) is 14.5. The molecule has 0 saturated carbocycles. The Labute approximate surface area is 181 Å². The van der Waals surface area contributed by atoms with Gasteiger partial charge in [-0.05, 0) is 78.6 Å². The maximum atomic E-state index is 12.2. The van der Waals surface area contributed by atoms with Crippen LogP contribution >= 0.6 is 11.6 Å². The number of aryl methyl sites for hydroxylation is 1. The summed E-state index contributed by atoms with van der Waals surface area (Å²) in [6.45, 7) is 4.93. The molecule has 5 rings (SSSR count). The van der Waals surface area contributed by atoms with Gasteiger partial charge in [-0.2, -0.15) is 0 Å². The number of carbonyl (C=O) groups excluding carboxylic acids is 1. The molecule has 3 aromatic rings. The van der Waals surface area contributed by atoms with Crippen LogP contribution in [0.2, 0.25) is 5.28 Å². The summed E-state index contributed by atoms with van der Waals surface area (Å²) in [6.07, 6.45) is 2.94. The number of piperidine rings is 1. The van der Waals surface area contributed by atoms with Gasteiger partial charge in [-0.1, -0.05) is 24.3 Å². The van der Waals surface area contributed by atoms with Gasteiger partial charge in [-0.3, -0.25) is 4.79 Å². The summed E-state index contributed by atoms with van der Waals surface area (Å²) in [7, 11) is 0. The smallest absolute Gasteiger partial charge is 0.225 e. The number of primary amides is 1. The highest BCUT2D eigenvalue weighted by atomic mass is 35.5. The van der Waals surface area contributed by atoms with Crippen LogP contribution in [0.15, 0.2) is 36.4 Å². The van der Waals surface area contributed by atoms with E-state index in [4.69, 9.17) is 17.3 Å². The molecule has 2 N–H and O–H groups in total. The molecular weight excluding hydrogens is 396 g/mol. The summed E-state index contributed by atoms with van der Waals surface area (Å²) in [4.78, 5) is 19.2. The second-order valence-electron chi connectivity index (χ2n) is 8.74. The van der Waals surface area contributed by atoms with Crippen molar-refractivity contribution in [3.8, 4) is 0 Å². The molecule has 1 aromatic heterocycles. The minimum atomic E-state index is -0.216. The van der Waals surface area contributed by atoms with Crippen LogP contribution in [0, 0.1) is 18.9 Å². The number of fused-ring (bicyclic) bond motifs is 2. The number of benzene rings is 2. The van der Waals surface area contributed by atoms with E-state index in [-0.39, 0.29) is 17.7 Å². The average molecular weight is 422 g/mol. The zero-order valence-electron chi connectivity index (χ0n) is 17.1. The fraction of sp³-hybridized carbons (Fsp3) is 0.417. The summed E-state index contributed by atoms with van der Waals surface area (Å²) in [5.41, 5.74) is 11.4. The van der Waals surface area contributed by atoms with Gasteiger partial charge in [-0.25, -0.2) is 4.98 Å². The lowest BCUT2D eigenvalue weighted by molar-refractivity contribution is -0.120. The van der Waals surface area contributed by atoms with Crippen molar-refractivity contribution in [3.05, 3.63) is 64.4 Å². The number of hydrogen-bond donors (Lipinski definition) is 1. The highest BCUT2D eigenvalue weighted by Gasteiger charge is 2.37. The predicted octanol–water partition coefficient (Wildman–Crippen LogP) is 3.88. The third-order valence-corrected chi connectivity index (χ3v) is 7.07. The summed E-state index contributed by atoms with van der Waals surface area (Å²) < 4.78 is 2.20. The quantitative estimate of drug-likeness (QED) is 0.695. The van der Waals surface area contributed by atoms with Crippen LogP contribution < -0.4 is 5.73 Å². The van der Waals surface area contributed by atoms with Crippen molar-refractivity contribution >= 4 is 28.5 Å². The first kappa shape index (κ1) is 19.6. The van der Waals surface area contributed by atoms with Crippen LogP contribution in [-0.4, -0.2) is 40.0 Å². The van der Waals surface area contributed by atoms with E-state index < -0.39 is 0 Å². The highest BCUT2D eigenvalue weighted by Crippen LogP contribution is 2.39. The monoisotopic (exact) mass is 421 g/mol. The number of aromatic nitrogens is 2. The molecule has 1 amide bonds. The van der Waals surface area contributed by atoms with Gasteiger partial charge in [0.2, 0.25) is 11.2 Å². The molecule has 0 bridgehead atoms. The van der Waals surface area contributed by atoms with Crippen molar-refractivity contribution in [1.29, 1.82) is 0 Å². The van der Waals surface area contributed by atoms with Crippen LogP contribution in [0.1, 0.15) is 41.5 Å². The van der Waals surface area contributed by atoms with Gasteiger partial charge in [0.15, 0.2) is 0 Å². The van der Waals surface area contributed by atoms with E-state index in [2.05, 4.69) is 45.6 Å². The number of nitrogens with two attached hydrogens (primary N) is 1. The lowest BCUT2D eigenvalue weighted by Gasteiger charge is -2.35. The molecule has 0 spiro atoms. The number of likely N-dealkylation sites (tertiary alicyclic amines) is 1. The molecule has 2 unspecified atom stereocenters. The molecule has 6 heteroatoms. The second-order valence-corrected chi connectivity index (χ2v) is 9.08. The van der Waals surface area contributed by atoms with E-state index in [0.717, 1.165) is 55.5 Å². The van der Waals surface area contributed by atoms with Gasteiger partial charge >= 0.3 is 0 Å². The maximum absolute atomic E-state index is 12.2. The van der Waals surface area contributed by atoms with E-state index >= 15 is 0 Å². The van der Waals surface area contributed by atoms with Crippen molar-refractivity contribution in [2.24, 2.45) is 11.7 Å². The normalized spacial score (nSPS) is 22.5. The largest absolute Gasteiger partial charge is 0.369 e. The van der Waals surface area contributed by atoms with Crippen LogP contribution in [0.3, 0.4) is 0 Å². The van der Waals surface area contributed by atoms with Gasteiger partial charge in [-0.15, -0.1) is 0 Å². The number of nitrogens with zero attached hydrogens (tertiary/aromatic N) is 3. The standard InChI is InChI=1S/C24H26ClN4O/c1-15-6-7-21-20(12-15)27-24(25)29(21)18-8-10-28(11-9-18)14-17-13-16-4-2-3-5-19(16)22(17)23(26)30/h3-7,12,17-18,22H,8-11,13-14H2,1H3,(H2,26,30). The van der Waals surface area contributed by atoms with Gasteiger partial charge < -0.3 is 15.2 Å². The highest BCUT2D eigenvalue weighted by molar-refractivity contribution is 6.29. The van der Waals surface area contributed by atoms with Crippen LogP contribution in [0.5, 0.6) is 0 Å². The fourth-order valence-corrected chi connectivity index (χ4v) is 5.71. The van der Waals surface area contributed by atoms with Crippen molar-refractivity contribution in [3.63, 3.8) is 0 Å². The molecule has 1 fully saturated rings. The Bertz CT molecular complexity index is 1100. The Hall–Kier alpha value is -2.37. The summed E-state index contributed by atoms with van der Waals surface area (Å²) in [6, 6.07) is 15.7. The van der Waals surface area contributed by atoms with Crippen LogP contribution in [0.4, 0.5) is 0 Å². The van der Waals surface area contributed by atoms with Gasteiger partial charge in [0, 0.05) is 25.7 Å². The fourth-order valence-electron chi connectivity index (χ4n) is 5.39. The topological polar surface area (TPSA) is 64.2 Å². The predicted molar refractivity (Wildman–Crippen MR) is 119 cm³/mol. The Morgan fingerprint density at radius 2 is 2.10 bits per heavy atom. The van der Waals surface area contributed by atoms with Crippen molar-refractivity contribution in [2.75, 3.05) is 19.6 Å². The third-order valence-electron chi connectivity index (χ3n) is 6.80. The van der Waals surface area contributed by atoms with E-state index in [0.29, 0.717) is 11.3 Å². The maximum Gasteiger partial charge on any atom is 0.225 e. The van der Waals surface area contributed by atoms with Crippen molar-refractivity contribution in [1.82, 2.24) is 14.5 Å². The van der Waals surface area contributed by atoms with E-state index in [1.54, 1.807) is 0 Å². The zero-order chi connectivity index (χ0) is 20.8. The van der Waals surface area contributed by atoms with E-state index in [1.807, 2.05) is 18.2 Å². The minimum absolute atomic E-state index is 0.192. The Balaban J connectivity index is 1.28. The summed E-state index contributed by atoms with van der Waals surface area (Å²) >= 11 is 6.52. The lowest BCUT2D eigenvalue weighted by Crippen LogP contribution is -2.40. The number of amides is 1. The Morgan fingerprint density at radius 1 is 1.30 bits per heavy atom. The molecule has 1 aliphatic carbocycles. The Kier molecular flexibility index (Phi) is 5.03. The van der Waals surface area contributed by atoms with Crippen molar-refractivity contribution in [2.45, 2.75) is 38.1 Å². The van der Waals surface area contributed by atoms with E-state index in [9.17, 15) is 4.79 Å². The molecule has 1 radical (unpaired) electrons. The molecule has 2 aliphatic rings. The first-order valence-corrected chi connectivity index (χ1v) is 11.0. The second kappa shape index (κ2) is 7.71. The number of hydrogen-bond acceptors (Lipinski definition) is 3. The minimum Gasteiger partial charge on any atom is -0.369 e. The Morgan fingerprint density at radius 3 is 2.87 bits per heavy atom. The first-order valence-electron chi connectivity index (χ1n) is 10.7. The van der Waals surface area contributed by atoms with Crippen LogP contribution in [0.25, 0.3) is 11.0 Å². The number of carbonyl (C=O) groups is 1. The third kappa shape index (κ3) is 3.40. The van der Waals surface area contributed by atoms with Gasteiger partial charge in [0.25, 0.3) is 0 Å². The molecule has 155 valence electrons. The molecule has 30 heavy (non-hydrogen) atoms. The molecule has 1 aliphatic heterocycles. The SMILES string of the molecule is Cc1ccc2c(c1)nc(Cl)n2C1CCN(CC2Cc3c[c]ccc3C2C(N)=O)CC1. The number of rotatable bonds is 4. The number of halogens is 1.